The molecule has 3 N–H and O–H groups in total. The number of nitrogens with one attached hydrogen (secondary N) is 2. The van der Waals surface area contributed by atoms with E-state index in [9.17, 15) is 18.0 Å². The van der Waals surface area contributed by atoms with Crippen LogP contribution in [0.5, 0.6) is 0 Å². The molecule has 10 heteroatoms. The van der Waals surface area contributed by atoms with E-state index in [4.69, 9.17) is 4.55 Å². The van der Waals surface area contributed by atoms with Crippen LogP contribution in [0.2, 0.25) is 0 Å². The van der Waals surface area contributed by atoms with E-state index < -0.39 is 28.3 Å². The zero-order chi connectivity index (χ0) is 15.2. The highest BCUT2D eigenvalue weighted by Gasteiger charge is 2.60. The number of likely N-dealkylation sites (tertiary alicyclic amines) is 1. The predicted molar refractivity (Wildman–Crippen MR) is 71.7 cm³/mol. The molecule has 9 nitrogen and oxygen atoms in total. The van der Waals surface area contributed by atoms with Crippen LogP contribution in [0.4, 0.5) is 4.79 Å². The number of nitrogens with zero attached hydrogens (tertiary/aromatic N) is 2. The van der Waals surface area contributed by atoms with E-state index in [0.717, 1.165) is 25.9 Å². The van der Waals surface area contributed by atoms with Crippen molar-refractivity contribution in [1.82, 2.24) is 19.8 Å². The number of hydrogen-bond donors (Lipinski definition) is 3. The van der Waals surface area contributed by atoms with E-state index in [2.05, 4.69) is 10.6 Å². The Labute approximate surface area is 122 Å². The minimum absolute atomic E-state index is 0.0747. The van der Waals surface area contributed by atoms with Crippen LogP contribution in [-0.4, -0.2) is 71.9 Å². The highest BCUT2D eigenvalue weighted by Crippen LogP contribution is 2.35. The molecule has 21 heavy (non-hydrogen) atoms. The second-order valence-electron chi connectivity index (χ2n) is 5.58. The maximum atomic E-state index is 12.2. The first-order chi connectivity index (χ1) is 9.89. The van der Waals surface area contributed by atoms with Crippen molar-refractivity contribution in [1.29, 1.82) is 0 Å². The number of amides is 3. The van der Waals surface area contributed by atoms with Crippen LogP contribution in [0, 0.1) is 0 Å². The number of urea groups is 1. The van der Waals surface area contributed by atoms with Crippen LogP contribution in [0.1, 0.15) is 19.3 Å². The molecule has 118 valence electrons. The maximum Gasteiger partial charge on any atom is 0.362 e. The van der Waals surface area contributed by atoms with Gasteiger partial charge in [-0.25, -0.2) is 9.10 Å². The van der Waals surface area contributed by atoms with Gasteiger partial charge in [0.1, 0.15) is 6.04 Å². The molecule has 3 heterocycles. The second kappa shape index (κ2) is 5.11. The van der Waals surface area contributed by atoms with E-state index >= 15 is 0 Å². The molecular weight excluding hydrogens is 300 g/mol. The largest absolute Gasteiger partial charge is 0.362 e. The molecule has 0 aromatic rings. The van der Waals surface area contributed by atoms with Crippen molar-refractivity contribution in [2.75, 3.05) is 19.6 Å². The molecule has 2 atom stereocenters. The standard InChI is InChI=1S/C11H18N4O5S/c16-10-9-8(15(10)21(18,19)20)3-6-14(9)11(17)13-7-1-4-12-5-2-7/h7-9,12H,1-6H2,(H,13,17)(H,18,19,20)/t8-,9?/m1/s1. The molecule has 0 aromatic carbocycles. The number of β-lactam (4-membered cyclic amide) rings is 1. The molecule has 3 fully saturated rings. The zero-order valence-electron chi connectivity index (χ0n) is 11.4. The van der Waals surface area contributed by atoms with E-state index in [1.54, 1.807) is 0 Å². The van der Waals surface area contributed by atoms with Gasteiger partial charge in [0, 0.05) is 12.6 Å². The number of carbonyl (C=O) groups is 2. The van der Waals surface area contributed by atoms with Gasteiger partial charge in [-0.3, -0.25) is 9.35 Å². The lowest BCUT2D eigenvalue weighted by molar-refractivity contribution is -0.143. The minimum Gasteiger partial charge on any atom is -0.335 e. The van der Waals surface area contributed by atoms with Crippen LogP contribution >= 0.6 is 0 Å². The first-order valence-corrected chi connectivity index (χ1v) is 8.38. The summed E-state index contributed by atoms with van der Waals surface area (Å²) in [6.45, 7) is 1.99. The fraction of sp³-hybridized carbons (Fsp3) is 0.818. The summed E-state index contributed by atoms with van der Waals surface area (Å²) in [5.74, 6) is -0.736. The van der Waals surface area contributed by atoms with Gasteiger partial charge in [0.05, 0.1) is 6.04 Å². The number of hydrogen-bond acceptors (Lipinski definition) is 5. The first-order valence-electron chi connectivity index (χ1n) is 6.98. The molecule has 3 aliphatic rings. The molecule has 3 aliphatic heterocycles. The van der Waals surface area contributed by atoms with Crippen molar-refractivity contribution in [3.63, 3.8) is 0 Å². The Morgan fingerprint density at radius 2 is 1.95 bits per heavy atom. The van der Waals surface area contributed by atoms with E-state index in [-0.39, 0.29) is 12.1 Å². The molecule has 3 saturated heterocycles. The molecule has 1 unspecified atom stereocenters. The maximum absolute atomic E-state index is 12.2. The lowest BCUT2D eigenvalue weighted by Crippen LogP contribution is -2.69. The number of piperidine rings is 1. The van der Waals surface area contributed by atoms with Crippen LogP contribution in [0.15, 0.2) is 0 Å². The smallest absolute Gasteiger partial charge is 0.335 e. The topological polar surface area (TPSA) is 119 Å². The van der Waals surface area contributed by atoms with Gasteiger partial charge < -0.3 is 15.5 Å². The highest BCUT2D eigenvalue weighted by atomic mass is 32.2. The molecule has 3 rings (SSSR count). The quantitative estimate of drug-likeness (QED) is 0.423. The number of fused-ring (bicyclic) bond motifs is 1. The van der Waals surface area contributed by atoms with Crippen LogP contribution in [0.25, 0.3) is 0 Å². The lowest BCUT2D eigenvalue weighted by atomic mass is 10.0. The van der Waals surface area contributed by atoms with E-state index in [1.165, 1.54) is 4.90 Å². The monoisotopic (exact) mass is 318 g/mol. The Bertz CT molecular complexity index is 559. The molecular formula is C11H18N4O5S. The minimum atomic E-state index is -4.53. The summed E-state index contributed by atoms with van der Waals surface area (Å²) in [6, 6.07) is -1.66. The van der Waals surface area contributed by atoms with Gasteiger partial charge in [0.15, 0.2) is 0 Å². The Morgan fingerprint density at radius 3 is 2.57 bits per heavy atom. The summed E-state index contributed by atoms with van der Waals surface area (Å²) >= 11 is 0. The van der Waals surface area contributed by atoms with Crippen molar-refractivity contribution in [3.8, 4) is 0 Å². The van der Waals surface area contributed by atoms with Gasteiger partial charge in [-0.05, 0) is 32.4 Å². The van der Waals surface area contributed by atoms with Crippen LogP contribution in [0.3, 0.4) is 0 Å². The Hall–Kier alpha value is -1.39. The van der Waals surface area contributed by atoms with Crippen molar-refractivity contribution >= 4 is 22.2 Å². The normalized spacial score (nSPS) is 30.0. The predicted octanol–water partition coefficient (Wildman–Crippen LogP) is -1.46. The van der Waals surface area contributed by atoms with Crippen molar-refractivity contribution in [3.05, 3.63) is 0 Å². The number of carbonyl (C=O) groups excluding carboxylic acids is 2. The molecule has 0 aromatic heterocycles. The molecule has 0 saturated carbocycles. The van der Waals surface area contributed by atoms with E-state index in [0.29, 0.717) is 17.3 Å². The van der Waals surface area contributed by atoms with Crippen molar-refractivity contribution < 1.29 is 22.6 Å². The Balaban J connectivity index is 1.63. The molecule has 0 bridgehead atoms. The molecule has 3 amide bonds. The van der Waals surface area contributed by atoms with Gasteiger partial charge in [-0.1, -0.05) is 0 Å². The average Bonchev–Trinajstić information content (AvgIpc) is 2.77. The van der Waals surface area contributed by atoms with Gasteiger partial charge in [0.25, 0.3) is 5.91 Å². The second-order valence-corrected chi connectivity index (χ2v) is 6.87. The Morgan fingerprint density at radius 1 is 1.29 bits per heavy atom. The van der Waals surface area contributed by atoms with Crippen LogP contribution < -0.4 is 10.6 Å². The summed E-state index contributed by atoms with van der Waals surface area (Å²) < 4.78 is 31.6. The summed E-state index contributed by atoms with van der Waals surface area (Å²) in [7, 11) is -4.53. The van der Waals surface area contributed by atoms with Gasteiger partial charge in [-0.2, -0.15) is 8.42 Å². The third-order valence-electron chi connectivity index (χ3n) is 4.31. The summed E-state index contributed by atoms with van der Waals surface area (Å²) in [5.41, 5.74) is 0. The first kappa shape index (κ1) is 14.5. The summed E-state index contributed by atoms with van der Waals surface area (Å²) in [4.78, 5) is 25.4. The Kier molecular flexibility index (Phi) is 3.54. The summed E-state index contributed by atoms with van der Waals surface area (Å²) in [6.07, 6.45) is 2.02. The fourth-order valence-electron chi connectivity index (χ4n) is 3.27. The number of rotatable bonds is 2. The molecule has 0 spiro atoms. The van der Waals surface area contributed by atoms with Gasteiger partial charge in [0.2, 0.25) is 0 Å². The van der Waals surface area contributed by atoms with Gasteiger partial charge in [-0.15, -0.1) is 0 Å². The average molecular weight is 318 g/mol. The van der Waals surface area contributed by atoms with E-state index in [1.807, 2.05) is 0 Å². The highest BCUT2D eigenvalue weighted by molar-refractivity contribution is 7.84. The molecule has 0 aliphatic carbocycles. The lowest BCUT2D eigenvalue weighted by Gasteiger charge is -2.42. The third kappa shape index (κ3) is 2.47. The fourth-order valence-corrected chi connectivity index (χ4v) is 4.17. The van der Waals surface area contributed by atoms with Crippen molar-refractivity contribution in [2.45, 2.75) is 37.4 Å². The summed E-state index contributed by atoms with van der Waals surface area (Å²) in [5, 5.41) is 6.08. The third-order valence-corrected chi connectivity index (χ3v) is 5.26. The molecule has 0 radical (unpaired) electrons. The van der Waals surface area contributed by atoms with Crippen molar-refractivity contribution in [2.24, 2.45) is 0 Å². The zero-order valence-corrected chi connectivity index (χ0v) is 12.2. The van der Waals surface area contributed by atoms with Gasteiger partial charge >= 0.3 is 16.3 Å². The SMILES string of the molecule is O=C(NC1CCNCC1)N1CC[C@@H]2C1C(=O)N2S(=O)(=O)O. The van der Waals surface area contributed by atoms with Crippen LogP contribution in [-0.2, 0) is 15.1 Å².